The van der Waals surface area contributed by atoms with Gasteiger partial charge in [-0.3, -0.25) is 0 Å². The van der Waals surface area contributed by atoms with Crippen molar-refractivity contribution in [1.29, 1.82) is 0 Å². The molecule has 3 aliphatic carbocycles. The molecule has 2 bridgehead atoms. The van der Waals surface area contributed by atoms with Gasteiger partial charge in [-0.25, -0.2) is 0 Å². The average Bonchev–Trinajstić information content (AvgIpc) is 2.60. The van der Waals surface area contributed by atoms with Crippen LogP contribution in [0.3, 0.4) is 0 Å². The highest BCUT2D eigenvalue weighted by Crippen LogP contribution is 2.71. The average molecular weight is 468 g/mol. The first kappa shape index (κ1) is 17.9. The van der Waals surface area contributed by atoms with Crippen LogP contribution in [0.2, 0.25) is 0 Å². The summed E-state index contributed by atoms with van der Waals surface area (Å²) in [6.07, 6.45) is 2.96. The Labute approximate surface area is 170 Å². The van der Waals surface area contributed by atoms with Gasteiger partial charge in [-0.15, -0.1) is 0 Å². The lowest BCUT2D eigenvalue weighted by molar-refractivity contribution is -0.415. The van der Waals surface area contributed by atoms with Crippen molar-refractivity contribution < 1.29 is 14.2 Å². The monoisotopic (exact) mass is 468 g/mol. The highest BCUT2D eigenvalue weighted by atomic mass is 127. The topological polar surface area (TPSA) is 27.7 Å². The van der Waals surface area contributed by atoms with Gasteiger partial charge in [0.05, 0.1) is 34.3 Å². The van der Waals surface area contributed by atoms with Gasteiger partial charge in [0, 0.05) is 0 Å². The maximum absolute atomic E-state index is 6.68. The number of hydrogen-bond donors (Lipinski definition) is 0. The molecule has 5 fully saturated rings. The summed E-state index contributed by atoms with van der Waals surface area (Å²) in [4.78, 5) is 0. The van der Waals surface area contributed by atoms with Crippen molar-refractivity contribution >= 4 is 22.6 Å². The van der Waals surface area contributed by atoms with Gasteiger partial charge in [-0.2, -0.15) is 0 Å². The van der Waals surface area contributed by atoms with Gasteiger partial charge in [-0.1, -0.05) is 66.8 Å². The zero-order valence-electron chi connectivity index (χ0n) is 16.1. The molecular formula is C22H29IO3. The van der Waals surface area contributed by atoms with E-state index in [1.54, 1.807) is 0 Å². The fourth-order valence-corrected chi connectivity index (χ4v) is 7.84. The molecule has 1 spiro atoms. The van der Waals surface area contributed by atoms with E-state index in [0.717, 1.165) is 18.9 Å². The number of ether oxygens (including phenoxy) is 3. The van der Waals surface area contributed by atoms with E-state index in [0.29, 0.717) is 11.3 Å². The smallest absolute Gasteiger partial charge is 0.163 e. The minimum absolute atomic E-state index is 0.00902. The molecule has 3 saturated carbocycles. The van der Waals surface area contributed by atoms with Crippen LogP contribution in [0.4, 0.5) is 0 Å². The van der Waals surface area contributed by atoms with Crippen molar-refractivity contribution in [1.82, 2.24) is 0 Å². The van der Waals surface area contributed by atoms with Crippen molar-refractivity contribution in [2.75, 3.05) is 6.61 Å². The molecule has 3 nitrogen and oxygen atoms in total. The molecule has 1 aromatic carbocycles. The Morgan fingerprint density at radius 3 is 2.42 bits per heavy atom. The molecule has 26 heavy (non-hydrogen) atoms. The van der Waals surface area contributed by atoms with Crippen LogP contribution in [-0.2, 0) is 14.2 Å². The summed E-state index contributed by atoms with van der Waals surface area (Å²) in [7, 11) is 0. The first-order valence-electron chi connectivity index (χ1n) is 9.92. The number of rotatable bonds is 1. The molecular weight excluding hydrogens is 439 g/mol. The summed E-state index contributed by atoms with van der Waals surface area (Å²) in [5, 5.41) is 0. The Bertz CT molecular complexity index is 703. The Morgan fingerprint density at radius 2 is 1.73 bits per heavy atom. The van der Waals surface area contributed by atoms with Gasteiger partial charge >= 0.3 is 0 Å². The van der Waals surface area contributed by atoms with Crippen molar-refractivity contribution in [3.63, 3.8) is 0 Å². The van der Waals surface area contributed by atoms with Crippen LogP contribution in [0.5, 0.6) is 0 Å². The number of benzene rings is 1. The quantitative estimate of drug-likeness (QED) is 0.423. The maximum Gasteiger partial charge on any atom is 0.163 e. The molecule has 6 rings (SSSR count). The zero-order chi connectivity index (χ0) is 18.3. The number of hydrogen-bond acceptors (Lipinski definition) is 3. The summed E-state index contributed by atoms with van der Waals surface area (Å²) in [6.45, 7) is 9.80. The van der Waals surface area contributed by atoms with E-state index < -0.39 is 5.79 Å². The molecule has 0 radical (unpaired) electrons. The highest BCUT2D eigenvalue weighted by Gasteiger charge is 2.73. The molecule has 2 aliphatic heterocycles. The molecule has 142 valence electrons. The van der Waals surface area contributed by atoms with Crippen LogP contribution >= 0.6 is 22.6 Å². The van der Waals surface area contributed by atoms with Crippen molar-refractivity contribution in [2.45, 2.75) is 68.6 Å². The van der Waals surface area contributed by atoms with Gasteiger partial charge in [0.25, 0.3) is 0 Å². The van der Waals surface area contributed by atoms with Crippen molar-refractivity contribution in [3.05, 3.63) is 35.9 Å². The van der Waals surface area contributed by atoms with Crippen LogP contribution < -0.4 is 0 Å². The van der Waals surface area contributed by atoms with Crippen LogP contribution in [0.15, 0.2) is 30.3 Å². The predicted molar refractivity (Wildman–Crippen MR) is 109 cm³/mol. The van der Waals surface area contributed by atoms with Crippen LogP contribution in [0, 0.1) is 22.7 Å². The van der Waals surface area contributed by atoms with E-state index in [2.05, 4.69) is 80.6 Å². The lowest BCUT2D eigenvalue weighted by atomic mass is 9.38. The predicted octanol–water partition coefficient (Wildman–Crippen LogP) is 5.13. The Balaban J connectivity index is 1.55. The third-order valence-corrected chi connectivity index (χ3v) is 9.11. The molecule has 2 saturated heterocycles. The number of alkyl halides is 1. The fourth-order valence-electron chi connectivity index (χ4n) is 6.40. The Morgan fingerprint density at radius 1 is 1.00 bits per heavy atom. The lowest BCUT2D eigenvalue weighted by Gasteiger charge is -2.73. The van der Waals surface area contributed by atoms with Gasteiger partial charge in [-0.05, 0) is 49.5 Å². The second-order valence-electron chi connectivity index (χ2n) is 9.79. The third-order valence-electron chi connectivity index (χ3n) is 7.80. The number of halogens is 1. The van der Waals surface area contributed by atoms with Gasteiger partial charge in [0.2, 0.25) is 0 Å². The SMILES string of the molecule is CC1(C)O[C@H]2C[C@H]3C[C@H](C3(C)C)[C@]23CO[C@@H](c2ccccc2)[C@H](I)[C@H]3O1. The van der Waals surface area contributed by atoms with Crippen LogP contribution in [0.1, 0.15) is 52.2 Å². The molecule has 5 aliphatic rings. The summed E-state index contributed by atoms with van der Waals surface area (Å²) < 4.78 is 20.1. The fraction of sp³-hybridized carbons (Fsp3) is 0.727. The van der Waals surface area contributed by atoms with E-state index in [-0.39, 0.29) is 27.7 Å². The summed E-state index contributed by atoms with van der Waals surface area (Å²) in [5.74, 6) is 0.875. The minimum Gasteiger partial charge on any atom is -0.372 e. The van der Waals surface area contributed by atoms with Crippen molar-refractivity contribution in [3.8, 4) is 0 Å². The molecule has 4 heteroatoms. The molecule has 0 amide bonds. The maximum atomic E-state index is 6.68. The first-order valence-corrected chi connectivity index (χ1v) is 11.2. The van der Waals surface area contributed by atoms with Crippen LogP contribution in [-0.4, -0.2) is 28.5 Å². The van der Waals surface area contributed by atoms with E-state index in [4.69, 9.17) is 14.2 Å². The Kier molecular flexibility index (Phi) is 3.91. The molecule has 0 unspecified atom stereocenters. The zero-order valence-corrected chi connectivity index (χ0v) is 18.2. The molecule has 0 aromatic heterocycles. The van der Waals surface area contributed by atoms with Crippen molar-refractivity contribution in [2.24, 2.45) is 22.7 Å². The second-order valence-corrected chi connectivity index (χ2v) is 11.2. The lowest BCUT2D eigenvalue weighted by Crippen LogP contribution is -2.76. The highest BCUT2D eigenvalue weighted by molar-refractivity contribution is 14.1. The second kappa shape index (κ2) is 5.68. The molecule has 1 aromatic rings. The minimum atomic E-state index is -0.519. The molecule has 2 heterocycles. The summed E-state index contributed by atoms with van der Waals surface area (Å²) in [6, 6.07) is 10.6. The van der Waals surface area contributed by atoms with E-state index in [1.807, 2.05) is 0 Å². The first-order chi connectivity index (χ1) is 12.3. The molecule has 0 N–H and O–H groups in total. The van der Waals surface area contributed by atoms with E-state index >= 15 is 0 Å². The Hall–Kier alpha value is -0.170. The standard InChI is InChI=1S/C22H29IO3/c1-20(2)14-10-15(20)22-12-24-18(13-8-6-5-7-9-13)17(23)19(22)26-21(3,4)25-16(22)11-14/h5-9,14-19H,10-12H2,1-4H3/t14-,15-,16+,17+,18+,19-,22-/m1/s1. The normalized spacial score (nSPS) is 48.0. The summed E-state index contributed by atoms with van der Waals surface area (Å²) >= 11 is 2.59. The molecule has 7 atom stereocenters. The van der Waals surface area contributed by atoms with Crippen LogP contribution in [0.25, 0.3) is 0 Å². The summed E-state index contributed by atoms with van der Waals surface area (Å²) in [5.41, 5.74) is 1.61. The van der Waals surface area contributed by atoms with E-state index in [1.165, 1.54) is 12.0 Å². The van der Waals surface area contributed by atoms with Gasteiger partial charge in [0.15, 0.2) is 5.79 Å². The van der Waals surface area contributed by atoms with Gasteiger partial charge in [0.1, 0.15) is 0 Å². The largest absolute Gasteiger partial charge is 0.372 e. The third kappa shape index (κ3) is 2.28. The van der Waals surface area contributed by atoms with Gasteiger partial charge < -0.3 is 14.2 Å². The van der Waals surface area contributed by atoms with E-state index in [9.17, 15) is 0 Å².